The number of halogens is 1. The number of anilines is 1. The van der Waals surface area contributed by atoms with E-state index in [0.29, 0.717) is 5.92 Å². The van der Waals surface area contributed by atoms with Gasteiger partial charge in [0.05, 0.1) is 9.26 Å². The van der Waals surface area contributed by atoms with E-state index in [1.807, 2.05) is 0 Å². The minimum Gasteiger partial charge on any atom is -0.369 e. The third kappa shape index (κ3) is 3.57. The quantitative estimate of drug-likeness (QED) is 0.841. The lowest BCUT2D eigenvalue weighted by atomic mass is 10.1. The maximum absolute atomic E-state index is 4.62. The van der Waals surface area contributed by atoms with Crippen LogP contribution in [0.15, 0.2) is 0 Å². The van der Waals surface area contributed by atoms with Crippen molar-refractivity contribution in [1.82, 2.24) is 9.97 Å². The van der Waals surface area contributed by atoms with Gasteiger partial charge in [-0.3, -0.25) is 0 Å². The molecule has 0 spiro atoms. The van der Waals surface area contributed by atoms with Crippen LogP contribution in [0.5, 0.6) is 0 Å². The second kappa shape index (κ2) is 6.37. The molecule has 16 heavy (non-hydrogen) atoms. The molecule has 1 aromatic rings. The summed E-state index contributed by atoms with van der Waals surface area (Å²) in [5, 5.41) is 3.31. The summed E-state index contributed by atoms with van der Waals surface area (Å²) in [6, 6.07) is 0. The molecule has 0 aliphatic rings. The minimum absolute atomic E-state index is 0.627. The number of nitrogens with zero attached hydrogens (tertiary/aromatic N) is 2. The molecule has 0 aromatic carbocycles. The lowest BCUT2D eigenvalue weighted by molar-refractivity contribution is 0.628. The average molecular weight is 333 g/mol. The van der Waals surface area contributed by atoms with Crippen LogP contribution in [0.1, 0.15) is 39.2 Å². The van der Waals surface area contributed by atoms with E-state index < -0.39 is 0 Å². The van der Waals surface area contributed by atoms with Gasteiger partial charge < -0.3 is 5.32 Å². The first-order chi connectivity index (χ1) is 7.58. The Morgan fingerprint density at radius 3 is 2.44 bits per heavy atom. The van der Waals surface area contributed by atoms with Crippen molar-refractivity contribution in [2.75, 3.05) is 11.9 Å². The van der Waals surface area contributed by atoms with Crippen molar-refractivity contribution in [3.05, 3.63) is 15.1 Å². The van der Waals surface area contributed by atoms with Gasteiger partial charge in [-0.1, -0.05) is 20.8 Å². The summed E-state index contributed by atoms with van der Waals surface area (Å²) in [6.45, 7) is 9.52. The van der Waals surface area contributed by atoms with Crippen molar-refractivity contribution < 1.29 is 0 Å². The van der Waals surface area contributed by atoms with Gasteiger partial charge in [-0.2, -0.15) is 0 Å². The van der Waals surface area contributed by atoms with E-state index in [-0.39, 0.29) is 0 Å². The standard InChI is InChI=1S/C12H20IN3/c1-5-10-15-9(7-8(3)4)11(13)12(16-10)14-6-2/h8H,5-7H2,1-4H3,(H,14,15,16). The highest BCUT2D eigenvalue weighted by Crippen LogP contribution is 2.21. The van der Waals surface area contributed by atoms with Crippen molar-refractivity contribution in [1.29, 1.82) is 0 Å². The van der Waals surface area contributed by atoms with Gasteiger partial charge in [0, 0.05) is 13.0 Å². The summed E-state index contributed by atoms with van der Waals surface area (Å²) < 4.78 is 1.17. The highest BCUT2D eigenvalue weighted by Gasteiger charge is 2.12. The van der Waals surface area contributed by atoms with Crippen LogP contribution in [0.3, 0.4) is 0 Å². The van der Waals surface area contributed by atoms with E-state index in [4.69, 9.17) is 0 Å². The number of rotatable bonds is 5. The Hall–Kier alpha value is -0.390. The van der Waals surface area contributed by atoms with Crippen LogP contribution in [-0.4, -0.2) is 16.5 Å². The van der Waals surface area contributed by atoms with E-state index in [1.165, 1.54) is 9.26 Å². The number of hydrogen-bond acceptors (Lipinski definition) is 3. The topological polar surface area (TPSA) is 37.8 Å². The number of nitrogens with one attached hydrogen (secondary N) is 1. The molecule has 90 valence electrons. The molecule has 1 rings (SSSR count). The lowest BCUT2D eigenvalue weighted by Gasteiger charge is -2.12. The molecule has 0 aliphatic heterocycles. The molecule has 0 atom stereocenters. The normalized spacial score (nSPS) is 10.9. The fourth-order valence-electron chi connectivity index (χ4n) is 1.51. The molecule has 1 N–H and O–H groups in total. The van der Waals surface area contributed by atoms with Crippen molar-refractivity contribution in [3.63, 3.8) is 0 Å². The fourth-order valence-corrected chi connectivity index (χ4v) is 2.16. The summed E-state index contributed by atoms with van der Waals surface area (Å²) in [5.74, 6) is 2.56. The minimum atomic E-state index is 0.627. The first-order valence-corrected chi connectivity index (χ1v) is 6.95. The zero-order chi connectivity index (χ0) is 12.1. The summed E-state index contributed by atoms with van der Waals surface area (Å²) in [6.07, 6.45) is 1.91. The molecule has 0 amide bonds. The van der Waals surface area contributed by atoms with Crippen LogP contribution in [0, 0.1) is 9.49 Å². The SMILES string of the molecule is CCNc1nc(CC)nc(CC(C)C)c1I. The van der Waals surface area contributed by atoms with Crippen molar-refractivity contribution in [2.24, 2.45) is 5.92 Å². The molecule has 4 heteroatoms. The first kappa shape index (κ1) is 13.7. The lowest BCUT2D eigenvalue weighted by Crippen LogP contribution is -2.11. The van der Waals surface area contributed by atoms with E-state index in [9.17, 15) is 0 Å². The van der Waals surface area contributed by atoms with Crippen LogP contribution in [0.4, 0.5) is 5.82 Å². The predicted octanol–water partition coefficient (Wildman–Crippen LogP) is 3.27. The summed E-state index contributed by atoms with van der Waals surface area (Å²) >= 11 is 2.34. The molecule has 0 saturated heterocycles. The van der Waals surface area contributed by atoms with Gasteiger partial charge in [-0.15, -0.1) is 0 Å². The molecule has 1 heterocycles. The molecule has 0 unspecified atom stereocenters. The molecule has 0 radical (unpaired) electrons. The number of hydrogen-bond donors (Lipinski definition) is 1. The van der Waals surface area contributed by atoms with Gasteiger partial charge in [0.2, 0.25) is 0 Å². The highest BCUT2D eigenvalue weighted by molar-refractivity contribution is 14.1. The third-order valence-electron chi connectivity index (χ3n) is 2.23. The Kier molecular flexibility index (Phi) is 5.44. The van der Waals surface area contributed by atoms with Gasteiger partial charge in [0.1, 0.15) is 11.6 Å². The van der Waals surface area contributed by atoms with Crippen molar-refractivity contribution in [2.45, 2.75) is 40.5 Å². The van der Waals surface area contributed by atoms with Gasteiger partial charge >= 0.3 is 0 Å². The first-order valence-electron chi connectivity index (χ1n) is 5.87. The predicted molar refractivity (Wildman–Crippen MR) is 76.8 cm³/mol. The Morgan fingerprint density at radius 2 is 1.94 bits per heavy atom. The fraction of sp³-hybridized carbons (Fsp3) is 0.667. The van der Waals surface area contributed by atoms with Crippen LogP contribution in [-0.2, 0) is 12.8 Å². The van der Waals surface area contributed by atoms with E-state index in [0.717, 1.165) is 31.0 Å². The van der Waals surface area contributed by atoms with Crippen molar-refractivity contribution >= 4 is 28.4 Å². The Labute approximate surface area is 112 Å². The van der Waals surface area contributed by atoms with Gasteiger partial charge in [0.25, 0.3) is 0 Å². The van der Waals surface area contributed by atoms with Crippen LogP contribution >= 0.6 is 22.6 Å². The maximum Gasteiger partial charge on any atom is 0.143 e. The number of aromatic nitrogens is 2. The zero-order valence-electron chi connectivity index (χ0n) is 10.5. The monoisotopic (exact) mass is 333 g/mol. The zero-order valence-corrected chi connectivity index (χ0v) is 12.6. The Morgan fingerprint density at radius 1 is 1.25 bits per heavy atom. The summed E-state index contributed by atoms with van der Waals surface area (Å²) in [4.78, 5) is 9.13. The molecular formula is C12H20IN3. The molecular weight excluding hydrogens is 313 g/mol. The average Bonchev–Trinajstić information content (AvgIpc) is 2.23. The summed E-state index contributed by atoms with van der Waals surface area (Å²) in [7, 11) is 0. The van der Waals surface area contributed by atoms with Crippen LogP contribution in [0.2, 0.25) is 0 Å². The van der Waals surface area contributed by atoms with Gasteiger partial charge in [-0.05, 0) is 41.9 Å². The van der Waals surface area contributed by atoms with E-state index >= 15 is 0 Å². The van der Waals surface area contributed by atoms with Gasteiger partial charge in [-0.25, -0.2) is 9.97 Å². The molecule has 1 aromatic heterocycles. The number of aryl methyl sites for hydroxylation is 1. The second-order valence-corrected chi connectivity index (χ2v) is 5.31. The molecule has 0 saturated carbocycles. The highest BCUT2D eigenvalue weighted by atomic mass is 127. The maximum atomic E-state index is 4.62. The second-order valence-electron chi connectivity index (χ2n) is 4.23. The van der Waals surface area contributed by atoms with Crippen LogP contribution < -0.4 is 5.32 Å². The van der Waals surface area contributed by atoms with Crippen molar-refractivity contribution in [3.8, 4) is 0 Å². The molecule has 0 fully saturated rings. The Bertz CT molecular complexity index is 350. The Balaban J connectivity index is 3.09. The molecule has 3 nitrogen and oxygen atoms in total. The van der Waals surface area contributed by atoms with Gasteiger partial charge in [0.15, 0.2) is 0 Å². The molecule has 0 aliphatic carbocycles. The third-order valence-corrected chi connectivity index (χ3v) is 3.36. The smallest absolute Gasteiger partial charge is 0.143 e. The summed E-state index contributed by atoms with van der Waals surface area (Å²) in [5.41, 5.74) is 1.18. The largest absolute Gasteiger partial charge is 0.369 e. The van der Waals surface area contributed by atoms with E-state index in [2.05, 4.69) is 65.6 Å². The molecule has 0 bridgehead atoms. The van der Waals surface area contributed by atoms with Crippen LogP contribution in [0.25, 0.3) is 0 Å². The van der Waals surface area contributed by atoms with E-state index in [1.54, 1.807) is 0 Å².